The van der Waals surface area contributed by atoms with Gasteiger partial charge in [-0.2, -0.15) is 0 Å². The Balaban J connectivity index is 2.41. The van der Waals surface area contributed by atoms with Crippen molar-refractivity contribution < 1.29 is 9.13 Å². The predicted octanol–water partition coefficient (Wildman–Crippen LogP) is 3.93. The summed E-state index contributed by atoms with van der Waals surface area (Å²) in [6, 6.07) is 12.0. The van der Waals surface area contributed by atoms with Crippen LogP contribution in [0.25, 0.3) is 0 Å². The molecule has 0 heterocycles. The first-order chi connectivity index (χ1) is 10.2. The molecule has 3 nitrogen and oxygen atoms in total. The van der Waals surface area contributed by atoms with Crippen molar-refractivity contribution >= 4 is 15.9 Å². The van der Waals surface area contributed by atoms with Crippen molar-refractivity contribution in [1.82, 2.24) is 5.43 Å². The van der Waals surface area contributed by atoms with Gasteiger partial charge in [0.05, 0.1) is 12.6 Å². The molecule has 0 amide bonds. The first kappa shape index (κ1) is 15.9. The number of nitrogens with two attached hydrogens (primary N) is 1. The van der Waals surface area contributed by atoms with Gasteiger partial charge in [0, 0.05) is 10.0 Å². The Labute approximate surface area is 132 Å². The summed E-state index contributed by atoms with van der Waals surface area (Å²) < 4.78 is 20.0. The van der Waals surface area contributed by atoms with Gasteiger partial charge in [-0.05, 0) is 36.2 Å². The number of hydrogen-bond donors (Lipinski definition) is 2. The minimum Gasteiger partial charge on any atom is -0.493 e. The monoisotopic (exact) mass is 352 g/mol. The highest BCUT2D eigenvalue weighted by atomic mass is 79.9. The Hall–Kier alpha value is -1.43. The van der Waals surface area contributed by atoms with Crippen molar-refractivity contribution in [2.24, 2.45) is 5.84 Å². The lowest BCUT2D eigenvalue weighted by Crippen LogP contribution is -2.29. The van der Waals surface area contributed by atoms with Crippen LogP contribution in [-0.4, -0.2) is 6.61 Å². The smallest absolute Gasteiger partial charge is 0.124 e. The van der Waals surface area contributed by atoms with Gasteiger partial charge in [-0.15, -0.1) is 0 Å². The summed E-state index contributed by atoms with van der Waals surface area (Å²) in [6.45, 7) is 2.67. The standard InChI is InChI=1S/C16H18BrFN2O/c1-2-7-21-15-6-4-3-5-14(15)16(20-19)11-8-12(17)10-13(18)9-11/h3-6,8-10,16,20H,2,7,19H2,1H3. The van der Waals surface area contributed by atoms with Crippen LogP contribution in [-0.2, 0) is 0 Å². The number of para-hydroxylation sites is 1. The minimum atomic E-state index is -0.343. The molecular weight excluding hydrogens is 335 g/mol. The molecule has 2 aromatic rings. The second-order valence-electron chi connectivity index (χ2n) is 4.69. The molecule has 0 spiro atoms. The average Bonchev–Trinajstić information content (AvgIpc) is 2.46. The molecule has 0 fully saturated rings. The van der Waals surface area contributed by atoms with Crippen LogP contribution < -0.4 is 16.0 Å². The SMILES string of the molecule is CCCOc1ccccc1C(NN)c1cc(F)cc(Br)c1. The number of hydrazine groups is 1. The van der Waals surface area contributed by atoms with E-state index in [9.17, 15) is 4.39 Å². The van der Waals surface area contributed by atoms with E-state index < -0.39 is 0 Å². The number of hydrogen-bond acceptors (Lipinski definition) is 3. The fraction of sp³-hybridized carbons (Fsp3) is 0.250. The van der Waals surface area contributed by atoms with Gasteiger partial charge in [0.15, 0.2) is 0 Å². The second kappa shape index (κ2) is 7.54. The molecule has 1 unspecified atom stereocenters. The molecule has 0 saturated heterocycles. The zero-order valence-corrected chi connectivity index (χ0v) is 13.4. The van der Waals surface area contributed by atoms with Crippen molar-refractivity contribution in [3.05, 3.63) is 63.9 Å². The molecule has 3 N–H and O–H groups in total. The van der Waals surface area contributed by atoms with Gasteiger partial charge in [-0.25, -0.2) is 9.82 Å². The molecule has 0 radical (unpaired) electrons. The van der Waals surface area contributed by atoms with E-state index in [0.717, 1.165) is 23.3 Å². The van der Waals surface area contributed by atoms with E-state index >= 15 is 0 Å². The van der Waals surface area contributed by atoms with E-state index in [0.29, 0.717) is 11.1 Å². The highest BCUT2D eigenvalue weighted by Gasteiger charge is 2.18. The minimum absolute atomic E-state index is 0.313. The summed E-state index contributed by atoms with van der Waals surface area (Å²) in [4.78, 5) is 0. The van der Waals surface area contributed by atoms with Crippen molar-refractivity contribution in [3.63, 3.8) is 0 Å². The highest BCUT2D eigenvalue weighted by molar-refractivity contribution is 9.10. The Kier molecular flexibility index (Phi) is 5.73. The molecule has 0 aliphatic carbocycles. The number of halogens is 2. The largest absolute Gasteiger partial charge is 0.493 e. The first-order valence-corrected chi connectivity index (χ1v) is 7.58. The van der Waals surface area contributed by atoms with Gasteiger partial charge in [0.25, 0.3) is 0 Å². The lowest BCUT2D eigenvalue weighted by molar-refractivity contribution is 0.311. The van der Waals surface area contributed by atoms with Crippen molar-refractivity contribution in [1.29, 1.82) is 0 Å². The maximum Gasteiger partial charge on any atom is 0.124 e. The molecule has 1 atom stereocenters. The molecule has 0 aromatic heterocycles. The molecule has 0 bridgehead atoms. The van der Waals surface area contributed by atoms with Crippen molar-refractivity contribution in [3.8, 4) is 5.75 Å². The summed E-state index contributed by atoms with van der Waals surface area (Å²) in [7, 11) is 0. The molecular formula is C16H18BrFN2O. The summed E-state index contributed by atoms with van der Waals surface area (Å²) in [5, 5.41) is 0. The van der Waals surface area contributed by atoms with Crippen LogP contribution >= 0.6 is 15.9 Å². The van der Waals surface area contributed by atoms with Gasteiger partial charge in [-0.3, -0.25) is 5.84 Å². The van der Waals surface area contributed by atoms with E-state index in [2.05, 4.69) is 21.4 Å². The molecule has 112 valence electrons. The van der Waals surface area contributed by atoms with Crippen LogP contribution in [0, 0.1) is 5.82 Å². The maximum absolute atomic E-state index is 13.6. The Bertz CT molecular complexity index is 586. The Morgan fingerprint density at radius 1 is 1.29 bits per heavy atom. The third kappa shape index (κ3) is 4.03. The topological polar surface area (TPSA) is 47.3 Å². The molecule has 5 heteroatoms. The van der Waals surface area contributed by atoms with E-state index in [-0.39, 0.29) is 11.9 Å². The molecule has 2 aromatic carbocycles. The molecule has 0 aliphatic heterocycles. The van der Waals surface area contributed by atoms with Crippen LogP contribution in [0.3, 0.4) is 0 Å². The summed E-state index contributed by atoms with van der Waals surface area (Å²) >= 11 is 3.30. The van der Waals surface area contributed by atoms with Gasteiger partial charge < -0.3 is 4.74 Å². The number of benzene rings is 2. The third-order valence-electron chi connectivity index (χ3n) is 3.08. The van der Waals surface area contributed by atoms with Crippen LogP contribution in [0.2, 0.25) is 0 Å². The van der Waals surface area contributed by atoms with Crippen LogP contribution in [0.5, 0.6) is 5.75 Å². The summed E-state index contributed by atoms with van der Waals surface area (Å²) in [6.07, 6.45) is 0.917. The summed E-state index contributed by atoms with van der Waals surface area (Å²) in [5.41, 5.74) is 4.35. The van der Waals surface area contributed by atoms with Crippen molar-refractivity contribution in [2.45, 2.75) is 19.4 Å². The third-order valence-corrected chi connectivity index (χ3v) is 3.53. The predicted molar refractivity (Wildman–Crippen MR) is 85.5 cm³/mol. The van der Waals surface area contributed by atoms with Crippen LogP contribution in [0.15, 0.2) is 46.9 Å². The lowest BCUT2D eigenvalue weighted by atomic mass is 9.98. The molecule has 0 aliphatic rings. The average molecular weight is 353 g/mol. The zero-order valence-electron chi connectivity index (χ0n) is 11.8. The lowest BCUT2D eigenvalue weighted by Gasteiger charge is -2.20. The normalized spacial score (nSPS) is 12.2. The number of nitrogens with one attached hydrogen (secondary N) is 1. The molecule has 2 rings (SSSR count). The fourth-order valence-corrected chi connectivity index (χ4v) is 2.65. The second-order valence-corrected chi connectivity index (χ2v) is 5.60. The zero-order chi connectivity index (χ0) is 15.2. The Morgan fingerprint density at radius 2 is 2.05 bits per heavy atom. The van der Waals surface area contributed by atoms with Gasteiger partial charge in [0.2, 0.25) is 0 Å². The molecule has 21 heavy (non-hydrogen) atoms. The highest BCUT2D eigenvalue weighted by Crippen LogP contribution is 2.31. The van der Waals surface area contributed by atoms with Gasteiger partial charge in [-0.1, -0.05) is 41.1 Å². The van der Waals surface area contributed by atoms with E-state index in [1.54, 1.807) is 0 Å². The quantitative estimate of drug-likeness (QED) is 0.611. The summed E-state index contributed by atoms with van der Waals surface area (Å²) in [5.74, 6) is 6.13. The molecule has 0 saturated carbocycles. The van der Waals surface area contributed by atoms with Crippen molar-refractivity contribution in [2.75, 3.05) is 6.61 Å². The number of ether oxygens (including phenoxy) is 1. The van der Waals surface area contributed by atoms with Gasteiger partial charge >= 0.3 is 0 Å². The first-order valence-electron chi connectivity index (χ1n) is 6.79. The fourth-order valence-electron chi connectivity index (χ4n) is 2.17. The maximum atomic E-state index is 13.6. The Morgan fingerprint density at radius 3 is 2.71 bits per heavy atom. The van der Waals surface area contributed by atoms with E-state index in [1.807, 2.05) is 37.3 Å². The van der Waals surface area contributed by atoms with Crippen LogP contribution in [0.4, 0.5) is 4.39 Å². The number of rotatable bonds is 6. The van der Waals surface area contributed by atoms with Crippen LogP contribution in [0.1, 0.15) is 30.5 Å². The van der Waals surface area contributed by atoms with E-state index in [4.69, 9.17) is 10.6 Å². The van der Waals surface area contributed by atoms with Gasteiger partial charge in [0.1, 0.15) is 11.6 Å². The van der Waals surface area contributed by atoms with E-state index in [1.165, 1.54) is 12.1 Å².